The number of carbonyl (C=O) groups is 3. The van der Waals surface area contributed by atoms with E-state index in [0.717, 1.165) is 11.8 Å². The Morgan fingerprint density at radius 3 is 2.44 bits per heavy atom. The van der Waals surface area contributed by atoms with Gasteiger partial charge in [-0.3, -0.25) is 9.59 Å². The molecule has 0 atom stereocenters. The predicted octanol–water partition coefficient (Wildman–Crippen LogP) is 1.70. The number of thioether (sulfide) groups is 1. The first kappa shape index (κ1) is 20.8. The molecule has 0 spiro atoms. The summed E-state index contributed by atoms with van der Waals surface area (Å²) in [6, 6.07) is 6.28. The van der Waals surface area contributed by atoms with Gasteiger partial charge in [0.15, 0.2) is 6.61 Å². The molecule has 25 heavy (non-hydrogen) atoms. The molecular formula is C15H17F3N2O4S. The Morgan fingerprint density at radius 2 is 1.84 bits per heavy atom. The quantitative estimate of drug-likeness (QED) is 0.577. The fourth-order valence-electron chi connectivity index (χ4n) is 1.49. The number of carbonyl (C=O) groups excluding carboxylic acids is 3. The largest absolute Gasteiger partial charge is 0.452 e. The van der Waals surface area contributed by atoms with Crippen LogP contribution in [0.1, 0.15) is 10.4 Å². The van der Waals surface area contributed by atoms with Crippen LogP contribution in [0.4, 0.5) is 13.2 Å². The number of esters is 1. The summed E-state index contributed by atoms with van der Waals surface area (Å²) in [5, 5.41) is 1.60. The van der Waals surface area contributed by atoms with Gasteiger partial charge in [-0.25, -0.2) is 4.79 Å². The van der Waals surface area contributed by atoms with Gasteiger partial charge in [0.25, 0.3) is 5.91 Å². The second-order valence-corrected chi connectivity index (χ2v) is 6.06. The van der Waals surface area contributed by atoms with E-state index < -0.39 is 31.2 Å². The summed E-state index contributed by atoms with van der Waals surface area (Å²) in [6.07, 6.45) is -4.54. The smallest absolute Gasteiger partial charge is 0.405 e. The highest BCUT2D eigenvalue weighted by Crippen LogP contribution is 2.23. The number of nitrogens with zero attached hydrogens (tertiary/aromatic N) is 1. The fourth-order valence-corrected chi connectivity index (χ4v) is 2.51. The lowest BCUT2D eigenvalue weighted by molar-refractivity contribution is -0.140. The monoisotopic (exact) mass is 378 g/mol. The predicted molar refractivity (Wildman–Crippen MR) is 85.2 cm³/mol. The van der Waals surface area contributed by atoms with Crippen molar-refractivity contribution in [2.75, 3.05) is 33.0 Å². The van der Waals surface area contributed by atoms with E-state index in [-0.39, 0.29) is 17.2 Å². The lowest BCUT2D eigenvalue weighted by atomic mass is 10.2. The first-order valence-corrected chi connectivity index (χ1v) is 8.01. The minimum atomic E-state index is -4.54. The van der Waals surface area contributed by atoms with Crippen molar-refractivity contribution < 1.29 is 32.3 Å². The van der Waals surface area contributed by atoms with Crippen LogP contribution in [0.25, 0.3) is 0 Å². The maximum atomic E-state index is 12.0. The number of rotatable bonds is 7. The molecule has 0 bridgehead atoms. The van der Waals surface area contributed by atoms with E-state index in [1.807, 2.05) is 0 Å². The van der Waals surface area contributed by atoms with Crippen LogP contribution < -0.4 is 5.32 Å². The van der Waals surface area contributed by atoms with Crippen LogP contribution in [0.3, 0.4) is 0 Å². The van der Waals surface area contributed by atoms with E-state index in [1.54, 1.807) is 37.6 Å². The van der Waals surface area contributed by atoms with Gasteiger partial charge >= 0.3 is 12.1 Å². The Balaban J connectivity index is 2.61. The number of amides is 2. The van der Waals surface area contributed by atoms with Crippen molar-refractivity contribution in [3.63, 3.8) is 0 Å². The minimum absolute atomic E-state index is 0.101. The van der Waals surface area contributed by atoms with Crippen molar-refractivity contribution in [2.24, 2.45) is 0 Å². The van der Waals surface area contributed by atoms with E-state index in [0.29, 0.717) is 4.90 Å². The molecule has 1 aromatic carbocycles. The number of hydrogen-bond donors (Lipinski definition) is 1. The topological polar surface area (TPSA) is 75.7 Å². The molecule has 0 heterocycles. The number of benzene rings is 1. The first-order chi connectivity index (χ1) is 11.6. The average molecular weight is 378 g/mol. The summed E-state index contributed by atoms with van der Waals surface area (Å²) >= 11 is 1.12. The molecule has 0 fully saturated rings. The maximum absolute atomic E-state index is 12.0. The van der Waals surface area contributed by atoms with Crippen molar-refractivity contribution in [2.45, 2.75) is 11.1 Å². The van der Waals surface area contributed by atoms with E-state index in [1.165, 1.54) is 11.0 Å². The van der Waals surface area contributed by atoms with E-state index in [9.17, 15) is 27.6 Å². The van der Waals surface area contributed by atoms with E-state index in [4.69, 9.17) is 4.74 Å². The van der Waals surface area contributed by atoms with Gasteiger partial charge in [0.05, 0.1) is 11.3 Å². The van der Waals surface area contributed by atoms with Crippen molar-refractivity contribution in [3.05, 3.63) is 29.8 Å². The lowest BCUT2D eigenvalue weighted by Gasteiger charge is -2.12. The van der Waals surface area contributed by atoms with Gasteiger partial charge in [0, 0.05) is 19.0 Å². The molecule has 0 aliphatic rings. The van der Waals surface area contributed by atoms with Crippen molar-refractivity contribution in [1.82, 2.24) is 10.2 Å². The van der Waals surface area contributed by atoms with Crippen LogP contribution in [0.15, 0.2) is 29.2 Å². The Bertz CT molecular complexity index is 635. The molecule has 1 N–H and O–H groups in total. The molecule has 0 unspecified atom stereocenters. The fraction of sp³-hybridized carbons (Fsp3) is 0.400. The number of nitrogens with one attached hydrogen (secondary N) is 1. The number of ether oxygens (including phenoxy) is 1. The van der Waals surface area contributed by atoms with Gasteiger partial charge in [-0.15, -0.1) is 11.8 Å². The molecule has 0 saturated carbocycles. The van der Waals surface area contributed by atoms with E-state index in [2.05, 4.69) is 0 Å². The summed E-state index contributed by atoms with van der Waals surface area (Å²) in [7, 11) is 3.20. The van der Waals surface area contributed by atoms with Gasteiger partial charge in [-0.2, -0.15) is 13.2 Å². The summed E-state index contributed by atoms with van der Waals surface area (Å²) < 4.78 is 40.7. The normalized spacial score (nSPS) is 10.9. The zero-order chi connectivity index (χ0) is 19.0. The van der Waals surface area contributed by atoms with Gasteiger partial charge in [0.2, 0.25) is 5.91 Å². The second kappa shape index (κ2) is 9.30. The van der Waals surface area contributed by atoms with E-state index >= 15 is 0 Å². The third kappa shape index (κ3) is 7.92. The third-order valence-electron chi connectivity index (χ3n) is 2.78. The van der Waals surface area contributed by atoms with Gasteiger partial charge in [-0.05, 0) is 12.1 Å². The molecule has 0 aromatic heterocycles. The third-order valence-corrected chi connectivity index (χ3v) is 3.84. The number of hydrogen-bond acceptors (Lipinski definition) is 5. The average Bonchev–Trinajstić information content (AvgIpc) is 2.55. The second-order valence-electron chi connectivity index (χ2n) is 5.04. The Morgan fingerprint density at radius 1 is 1.20 bits per heavy atom. The minimum Gasteiger partial charge on any atom is -0.452 e. The molecule has 2 amide bonds. The number of halogens is 3. The van der Waals surface area contributed by atoms with Crippen molar-refractivity contribution in [3.8, 4) is 0 Å². The van der Waals surface area contributed by atoms with Crippen LogP contribution in [0.5, 0.6) is 0 Å². The van der Waals surface area contributed by atoms with Crippen LogP contribution in [-0.2, 0) is 14.3 Å². The highest BCUT2D eigenvalue weighted by Gasteiger charge is 2.28. The Kier molecular flexibility index (Phi) is 7.75. The van der Waals surface area contributed by atoms with Crippen molar-refractivity contribution in [1.29, 1.82) is 0 Å². The SMILES string of the molecule is CN(C)C(=O)CSc1ccccc1C(=O)OCC(=O)NCC(F)(F)F. The molecule has 6 nitrogen and oxygen atoms in total. The van der Waals surface area contributed by atoms with Crippen LogP contribution in [-0.4, -0.2) is 61.9 Å². The molecule has 1 rings (SSSR count). The molecule has 0 aliphatic carbocycles. The zero-order valence-corrected chi connectivity index (χ0v) is 14.4. The van der Waals surface area contributed by atoms with Gasteiger partial charge in [-0.1, -0.05) is 12.1 Å². The first-order valence-electron chi connectivity index (χ1n) is 7.02. The maximum Gasteiger partial charge on any atom is 0.405 e. The van der Waals surface area contributed by atoms with Crippen LogP contribution in [0, 0.1) is 0 Å². The highest BCUT2D eigenvalue weighted by molar-refractivity contribution is 8.00. The Hall–Kier alpha value is -2.23. The Labute approximate surface area is 146 Å². The van der Waals surface area contributed by atoms with Gasteiger partial charge in [0.1, 0.15) is 6.54 Å². The zero-order valence-electron chi connectivity index (χ0n) is 13.6. The van der Waals surface area contributed by atoms with Gasteiger partial charge < -0.3 is 15.0 Å². The molecule has 0 aliphatic heterocycles. The summed E-state index contributed by atoms with van der Waals surface area (Å²) in [5.74, 6) is -1.97. The molecule has 0 saturated heterocycles. The molecular weight excluding hydrogens is 361 g/mol. The summed E-state index contributed by atoms with van der Waals surface area (Å²) in [5.41, 5.74) is 0.127. The van der Waals surface area contributed by atoms with Crippen LogP contribution >= 0.6 is 11.8 Å². The lowest BCUT2D eigenvalue weighted by Crippen LogP contribution is -2.36. The summed E-state index contributed by atoms with van der Waals surface area (Å²) in [6.45, 7) is -2.33. The van der Waals surface area contributed by atoms with Crippen LogP contribution in [0.2, 0.25) is 0 Å². The number of alkyl halides is 3. The highest BCUT2D eigenvalue weighted by atomic mass is 32.2. The molecule has 0 radical (unpaired) electrons. The summed E-state index contributed by atoms with van der Waals surface area (Å²) in [4.78, 5) is 36.8. The van der Waals surface area contributed by atoms with Crippen molar-refractivity contribution >= 4 is 29.5 Å². The molecule has 138 valence electrons. The standard InChI is InChI=1S/C15H17F3N2O4S/c1-20(2)13(22)8-25-11-6-4-3-5-10(11)14(23)24-7-12(21)19-9-15(16,17)18/h3-6H,7-9H2,1-2H3,(H,19,21). The molecule has 1 aromatic rings. The molecule has 10 heteroatoms.